The van der Waals surface area contributed by atoms with Gasteiger partial charge in [-0.1, -0.05) is 12.1 Å². The van der Waals surface area contributed by atoms with Gasteiger partial charge in [-0.3, -0.25) is 4.98 Å². The maximum Gasteiger partial charge on any atom is 0.238 e. The number of piperazine rings is 1. The number of aryl methyl sites for hydroxylation is 2. The van der Waals surface area contributed by atoms with Gasteiger partial charge in [0.15, 0.2) is 0 Å². The van der Waals surface area contributed by atoms with Crippen LogP contribution in [0.3, 0.4) is 0 Å². The van der Waals surface area contributed by atoms with Crippen LogP contribution < -0.4 is 10.1 Å². The fourth-order valence-corrected chi connectivity index (χ4v) is 2.78. The van der Waals surface area contributed by atoms with Crippen molar-refractivity contribution in [2.24, 2.45) is 0 Å². The smallest absolute Gasteiger partial charge is 0.238 e. The van der Waals surface area contributed by atoms with E-state index in [1.165, 1.54) is 31.6 Å². The minimum Gasteiger partial charge on any atom is -0.437 e. The monoisotopic (exact) mass is 312 g/mol. The van der Waals surface area contributed by atoms with Gasteiger partial charge in [-0.25, -0.2) is 4.98 Å². The summed E-state index contributed by atoms with van der Waals surface area (Å²) in [5.74, 6) is 1.34. The van der Waals surface area contributed by atoms with Crippen LogP contribution in [0.4, 0.5) is 0 Å². The Morgan fingerprint density at radius 2 is 1.91 bits per heavy atom. The molecule has 122 valence electrons. The zero-order valence-corrected chi connectivity index (χ0v) is 13.7. The molecular weight excluding hydrogens is 288 g/mol. The predicted octanol–water partition coefficient (Wildman–Crippen LogP) is 2.42. The zero-order chi connectivity index (χ0) is 15.9. The van der Waals surface area contributed by atoms with E-state index in [9.17, 15) is 0 Å². The molecule has 0 bridgehead atoms. The van der Waals surface area contributed by atoms with E-state index in [-0.39, 0.29) is 0 Å². The minimum atomic E-state index is 0.538. The number of benzene rings is 1. The maximum atomic E-state index is 5.73. The molecular formula is C18H24N4O. The molecule has 23 heavy (non-hydrogen) atoms. The van der Waals surface area contributed by atoms with Crippen LogP contribution in [0.25, 0.3) is 0 Å². The molecule has 0 aliphatic carbocycles. The molecule has 0 unspecified atom stereocenters. The fraction of sp³-hybridized carbons (Fsp3) is 0.444. The molecule has 1 N–H and O–H groups in total. The van der Waals surface area contributed by atoms with Gasteiger partial charge in [-0.15, -0.1) is 0 Å². The van der Waals surface area contributed by atoms with Crippen LogP contribution in [0.2, 0.25) is 0 Å². The van der Waals surface area contributed by atoms with Gasteiger partial charge < -0.3 is 15.0 Å². The molecule has 0 atom stereocenters. The lowest BCUT2D eigenvalue weighted by atomic mass is 10.1. The highest BCUT2D eigenvalue weighted by Crippen LogP contribution is 2.19. The van der Waals surface area contributed by atoms with Crippen LogP contribution in [0.5, 0.6) is 11.6 Å². The highest BCUT2D eigenvalue weighted by molar-refractivity contribution is 5.30. The van der Waals surface area contributed by atoms with Crippen LogP contribution in [0.15, 0.2) is 36.7 Å². The van der Waals surface area contributed by atoms with E-state index in [0.717, 1.165) is 31.0 Å². The Balaban J connectivity index is 1.47. The second-order valence-electron chi connectivity index (χ2n) is 5.94. The number of aromatic nitrogens is 2. The Morgan fingerprint density at radius 3 is 2.65 bits per heavy atom. The first-order chi connectivity index (χ1) is 11.3. The van der Waals surface area contributed by atoms with E-state index < -0.39 is 0 Å². The molecule has 1 aromatic carbocycles. The molecule has 1 aliphatic heterocycles. The molecule has 1 fully saturated rings. The summed E-state index contributed by atoms with van der Waals surface area (Å²) in [6.07, 6.45) is 5.65. The maximum absolute atomic E-state index is 5.73. The number of hydrogen-bond donors (Lipinski definition) is 1. The van der Waals surface area contributed by atoms with Gasteiger partial charge in [-0.2, -0.15) is 0 Å². The summed E-state index contributed by atoms with van der Waals surface area (Å²) in [4.78, 5) is 10.9. The van der Waals surface area contributed by atoms with Gasteiger partial charge in [-0.05, 0) is 44.0 Å². The molecule has 1 aromatic heterocycles. The third-order valence-electron chi connectivity index (χ3n) is 4.03. The number of nitrogens with one attached hydrogen (secondary N) is 1. The van der Waals surface area contributed by atoms with Crippen molar-refractivity contribution in [3.05, 3.63) is 47.9 Å². The summed E-state index contributed by atoms with van der Waals surface area (Å²) in [5.41, 5.74) is 2.20. The Morgan fingerprint density at radius 1 is 1.13 bits per heavy atom. The number of ether oxygens (including phenoxy) is 1. The topological polar surface area (TPSA) is 50.3 Å². The van der Waals surface area contributed by atoms with Crippen LogP contribution in [-0.4, -0.2) is 47.6 Å². The minimum absolute atomic E-state index is 0.538. The van der Waals surface area contributed by atoms with Crippen molar-refractivity contribution in [2.45, 2.75) is 19.8 Å². The van der Waals surface area contributed by atoms with Gasteiger partial charge in [0.05, 0.1) is 11.9 Å². The van der Waals surface area contributed by atoms with Crippen molar-refractivity contribution >= 4 is 0 Å². The molecule has 1 saturated heterocycles. The average Bonchev–Trinajstić information content (AvgIpc) is 2.58. The summed E-state index contributed by atoms with van der Waals surface area (Å²) in [7, 11) is 0. The van der Waals surface area contributed by atoms with Crippen LogP contribution in [-0.2, 0) is 6.42 Å². The molecule has 0 amide bonds. The summed E-state index contributed by atoms with van der Waals surface area (Å²) >= 11 is 0. The molecule has 5 heteroatoms. The molecule has 2 heterocycles. The highest BCUT2D eigenvalue weighted by atomic mass is 16.5. The van der Waals surface area contributed by atoms with Gasteiger partial charge in [0.1, 0.15) is 5.75 Å². The lowest BCUT2D eigenvalue weighted by Gasteiger charge is -2.27. The first kappa shape index (κ1) is 15.9. The highest BCUT2D eigenvalue weighted by Gasteiger charge is 2.08. The first-order valence-electron chi connectivity index (χ1n) is 8.28. The SMILES string of the molecule is Cc1cncc(Oc2ccc(CCCN3CCNCC3)cc2)n1. The Labute approximate surface area is 137 Å². The molecule has 0 radical (unpaired) electrons. The summed E-state index contributed by atoms with van der Waals surface area (Å²) in [6.45, 7) is 7.66. The standard InChI is InChI=1S/C18H24N4O/c1-15-13-20-14-18(21-15)23-17-6-4-16(5-7-17)3-2-10-22-11-8-19-9-12-22/h4-7,13-14,19H,2-3,8-12H2,1H3. The van der Waals surface area contributed by atoms with Crippen LogP contribution in [0.1, 0.15) is 17.7 Å². The first-order valence-corrected chi connectivity index (χ1v) is 8.28. The van der Waals surface area contributed by atoms with E-state index in [1.54, 1.807) is 12.4 Å². The largest absolute Gasteiger partial charge is 0.437 e. The summed E-state index contributed by atoms with van der Waals surface area (Å²) in [6, 6.07) is 8.28. The predicted molar refractivity (Wildman–Crippen MR) is 90.9 cm³/mol. The molecule has 5 nitrogen and oxygen atoms in total. The molecule has 2 aromatic rings. The van der Waals surface area contributed by atoms with Crippen molar-refractivity contribution in [3.8, 4) is 11.6 Å². The van der Waals surface area contributed by atoms with Gasteiger partial charge >= 0.3 is 0 Å². The number of nitrogens with zero attached hydrogens (tertiary/aromatic N) is 3. The Hall–Kier alpha value is -1.98. The Kier molecular flexibility index (Phi) is 5.56. The van der Waals surface area contributed by atoms with E-state index in [1.807, 2.05) is 19.1 Å². The van der Waals surface area contributed by atoms with Crippen molar-refractivity contribution in [1.29, 1.82) is 0 Å². The van der Waals surface area contributed by atoms with E-state index in [2.05, 4.69) is 32.3 Å². The van der Waals surface area contributed by atoms with E-state index in [0.29, 0.717) is 5.88 Å². The third-order valence-corrected chi connectivity index (χ3v) is 4.03. The number of rotatable bonds is 6. The van der Waals surface area contributed by atoms with Gasteiger partial charge in [0, 0.05) is 32.4 Å². The lowest BCUT2D eigenvalue weighted by Crippen LogP contribution is -2.43. The second kappa shape index (κ2) is 8.04. The lowest BCUT2D eigenvalue weighted by molar-refractivity contribution is 0.238. The normalized spacial score (nSPS) is 15.5. The van der Waals surface area contributed by atoms with E-state index in [4.69, 9.17) is 4.74 Å². The third kappa shape index (κ3) is 5.01. The fourth-order valence-electron chi connectivity index (χ4n) is 2.78. The average molecular weight is 312 g/mol. The van der Waals surface area contributed by atoms with Crippen LogP contribution in [0, 0.1) is 6.92 Å². The molecule has 1 aliphatic rings. The van der Waals surface area contributed by atoms with Crippen molar-refractivity contribution in [3.63, 3.8) is 0 Å². The summed E-state index contributed by atoms with van der Waals surface area (Å²) in [5, 5.41) is 3.39. The quantitative estimate of drug-likeness (QED) is 0.888. The van der Waals surface area contributed by atoms with E-state index >= 15 is 0 Å². The zero-order valence-electron chi connectivity index (χ0n) is 13.7. The van der Waals surface area contributed by atoms with Crippen LogP contribution >= 0.6 is 0 Å². The molecule has 3 rings (SSSR count). The van der Waals surface area contributed by atoms with Crippen molar-refractivity contribution < 1.29 is 4.74 Å². The number of hydrogen-bond acceptors (Lipinski definition) is 5. The molecule has 0 saturated carbocycles. The molecule has 0 spiro atoms. The Bertz CT molecular complexity index is 609. The van der Waals surface area contributed by atoms with Crippen molar-refractivity contribution in [1.82, 2.24) is 20.2 Å². The second-order valence-corrected chi connectivity index (χ2v) is 5.94. The summed E-state index contributed by atoms with van der Waals surface area (Å²) < 4.78 is 5.73. The van der Waals surface area contributed by atoms with Crippen molar-refractivity contribution in [2.75, 3.05) is 32.7 Å². The van der Waals surface area contributed by atoms with Gasteiger partial charge in [0.2, 0.25) is 5.88 Å². The van der Waals surface area contributed by atoms with Gasteiger partial charge in [0.25, 0.3) is 0 Å².